The summed E-state index contributed by atoms with van der Waals surface area (Å²) < 4.78 is 0. The molecule has 2 rings (SSSR count). The third-order valence-electron chi connectivity index (χ3n) is 3.14. The fourth-order valence-corrected chi connectivity index (χ4v) is 3.48. The summed E-state index contributed by atoms with van der Waals surface area (Å²) in [6.45, 7) is 5.23. The third-order valence-corrected chi connectivity index (χ3v) is 4.75. The number of hydrogen-bond acceptors (Lipinski definition) is 2. The molecule has 0 aromatic heterocycles. The molecule has 1 unspecified atom stereocenters. The minimum atomic E-state index is 0.348. The van der Waals surface area contributed by atoms with Crippen LogP contribution in [0.2, 0.25) is 5.02 Å². The van der Waals surface area contributed by atoms with Crippen LogP contribution in [0.1, 0.15) is 24.1 Å². The Kier molecular flexibility index (Phi) is 5.96. The van der Waals surface area contributed by atoms with Gasteiger partial charge in [-0.2, -0.15) is 0 Å². The van der Waals surface area contributed by atoms with E-state index in [2.05, 4.69) is 49.5 Å². The Bertz CT molecular complexity index is 556. The maximum absolute atomic E-state index is 6.21. The van der Waals surface area contributed by atoms with Crippen LogP contribution in [0.25, 0.3) is 0 Å². The lowest BCUT2D eigenvalue weighted by Gasteiger charge is -2.19. The number of nitrogens with one attached hydrogen (secondary N) is 1. The first-order valence-electron chi connectivity index (χ1n) is 6.88. The molecule has 20 heavy (non-hydrogen) atoms. The van der Waals surface area contributed by atoms with E-state index in [1.807, 2.05) is 18.2 Å². The van der Waals surface area contributed by atoms with Gasteiger partial charge in [0.15, 0.2) is 0 Å². The van der Waals surface area contributed by atoms with E-state index in [9.17, 15) is 0 Å². The van der Waals surface area contributed by atoms with Crippen molar-refractivity contribution < 1.29 is 0 Å². The van der Waals surface area contributed by atoms with Crippen molar-refractivity contribution in [1.82, 2.24) is 5.32 Å². The summed E-state index contributed by atoms with van der Waals surface area (Å²) in [5.41, 5.74) is 2.64. The molecule has 0 radical (unpaired) electrons. The van der Waals surface area contributed by atoms with Gasteiger partial charge in [-0.1, -0.05) is 60.5 Å². The van der Waals surface area contributed by atoms with Crippen molar-refractivity contribution in [3.63, 3.8) is 0 Å². The monoisotopic (exact) mass is 305 g/mol. The molecule has 0 spiro atoms. The quantitative estimate of drug-likeness (QED) is 0.746. The zero-order valence-corrected chi connectivity index (χ0v) is 13.5. The number of benzene rings is 2. The molecule has 0 saturated carbocycles. The molecule has 0 aliphatic rings. The van der Waals surface area contributed by atoms with Gasteiger partial charge in [-0.25, -0.2) is 0 Å². The fourth-order valence-electron chi connectivity index (χ4n) is 2.14. The van der Waals surface area contributed by atoms with Crippen LogP contribution in [0.4, 0.5) is 0 Å². The van der Waals surface area contributed by atoms with Gasteiger partial charge in [0.25, 0.3) is 0 Å². The highest BCUT2D eigenvalue weighted by Crippen LogP contribution is 2.30. The van der Waals surface area contributed by atoms with Crippen LogP contribution >= 0.6 is 23.4 Å². The van der Waals surface area contributed by atoms with Gasteiger partial charge >= 0.3 is 0 Å². The summed E-state index contributed by atoms with van der Waals surface area (Å²) in [7, 11) is 0. The molecule has 106 valence electrons. The van der Waals surface area contributed by atoms with E-state index >= 15 is 0 Å². The Balaban J connectivity index is 2.08. The van der Waals surface area contributed by atoms with Gasteiger partial charge < -0.3 is 5.32 Å². The van der Waals surface area contributed by atoms with E-state index in [1.54, 1.807) is 11.8 Å². The molecule has 0 fully saturated rings. The lowest BCUT2D eigenvalue weighted by atomic mass is 10.1. The molecule has 0 amide bonds. The molecule has 0 bridgehead atoms. The van der Waals surface area contributed by atoms with Crippen LogP contribution in [-0.4, -0.2) is 12.3 Å². The Morgan fingerprint density at radius 2 is 1.95 bits per heavy atom. The van der Waals surface area contributed by atoms with Crippen molar-refractivity contribution in [2.75, 3.05) is 12.3 Å². The maximum Gasteiger partial charge on any atom is 0.0541 e. The van der Waals surface area contributed by atoms with Crippen molar-refractivity contribution in [2.45, 2.75) is 24.8 Å². The van der Waals surface area contributed by atoms with E-state index in [0.717, 1.165) is 22.2 Å². The molecular formula is C17H20ClNS. The second kappa shape index (κ2) is 7.72. The van der Waals surface area contributed by atoms with E-state index in [0.29, 0.717) is 6.04 Å². The van der Waals surface area contributed by atoms with Gasteiger partial charge in [0.05, 0.1) is 5.02 Å². The van der Waals surface area contributed by atoms with Gasteiger partial charge in [0.2, 0.25) is 0 Å². The highest BCUT2D eigenvalue weighted by Gasteiger charge is 2.11. The maximum atomic E-state index is 6.21. The van der Waals surface area contributed by atoms with Gasteiger partial charge in [0, 0.05) is 16.7 Å². The average Bonchev–Trinajstić information content (AvgIpc) is 2.45. The first-order chi connectivity index (χ1) is 9.70. The molecule has 3 heteroatoms. The lowest BCUT2D eigenvalue weighted by molar-refractivity contribution is 0.605. The zero-order valence-electron chi connectivity index (χ0n) is 11.9. The Hall–Kier alpha value is -0.960. The van der Waals surface area contributed by atoms with Crippen molar-refractivity contribution in [2.24, 2.45) is 0 Å². The molecule has 1 N–H and O–H groups in total. The van der Waals surface area contributed by atoms with Crippen LogP contribution in [0.3, 0.4) is 0 Å². The molecule has 0 aliphatic heterocycles. The Morgan fingerprint density at radius 3 is 2.65 bits per heavy atom. The smallest absolute Gasteiger partial charge is 0.0541 e. The van der Waals surface area contributed by atoms with E-state index in [-0.39, 0.29) is 0 Å². The Morgan fingerprint density at radius 1 is 1.15 bits per heavy atom. The van der Waals surface area contributed by atoms with E-state index < -0.39 is 0 Å². The molecule has 0 heterocycles. The van der Waals surface area contributed by atoms with Gasteiger partial charge in [-0.15, -0.1) is 11.8 Å². The molecule has 0 aliphatic carbocycles. The predicted molar refractivity (Wildman–Crippen MR) is 89.8 cm³/mol. The summed E-state index contributed by atoms with van der Waals surface area (Å²) in [6.07, 6.45) is 0. The van der Waals surface area contributed by atoms with Crippen LogP contribution in [-0.2, 0) is 0 Å². The second-order valence-corrected chi connectivity index (χ2v) is 6.23. The SMILES string of the molecule is CCNC(CSc1ccccc1Cl)c1cccc(C)c1. The first kappa shape index (κ1) is 15.4. The van der Waals surface area contributed by atoms with Crippen molar-refractivity contribution in [3.05, 3.63) is 64.7 Å². The predicted octanol–water partition coefficient (Wildman–Crippen LogP) is 5.09. The Labute approximate surface area is 130 Å². The molecule has 2 aromatic rings. The number of thioether (sulfide) groups is 1. The number of rotatable bonds is 6. The normalized spacial score (nSPS) is 12.3. The summed E-state index contributed by atoms with van der Waals surface area (Å²) in [4.78, 5) is 1.14. The van der Waals surface area contributed by atoms with Crippen LogP contribution < -0.4 is 5.32 Å². The third kappa shape index (κ3) is 4.27. The molecule has 2 aromatic carbocycles. The van der Waals surface area contributed by atoms with Crippen LogP contribution in [0, 0.1) is 6.92 Å². The van der Waals surface area contributed by atoms with Crippen molar-refractivity contribution >= 4 is 23.4 Å². The van der Waals surface area contributed by atoms with Gasteiger partial charge in [0.1, 0.15) is 0 Å². The topological polar surface area (TPSA) is 12.0 Å². The van der Waals surface area contributed by atoms with E-state index in [4.69, 9.17) is 11.6 Å². The number of halogens is 1. The van der Waals surface area contributed by atoms with Gasteiger partial charge in [-0.05, 0) is 31.2 Å². The van der Waals surface area contributed by atoms with Crippen LogP contribution in [0.15, 0.2) is 53.4 Å². The molecule has 1 atom stereocenters. The fraction of sp³-hybridized carbons (Fsp3) is 0.294. The molecule has 1 nitrogen and oxygen atoms in total. The van der Waals surface area contributed by atoms with Crippen molar-refractivity contribution in [3.8, 4) is 0 Å². The molecular weight excluding hydrogens is 286 g/mol. The highest BCUT2D eigenvalue weighted by molar-refractivity contribution is 7.99. The number of hydrogen-bond donors (Lipinski definition) is 1. The van der Waals surface area contributed by atoms with Crippen molar-refractivity contribution in [1.29, 1.82) is 0 Å². The highest BCUT2D eigenvalue weighted by atomic mass is 35.5. The largest absolute Gasteiger partial charge is 0.309 e. The van der Waals surface area contributed by atoms with Crippen LogP contribution in [0.5, 0.6) is 0 Å². The molecule has 0 saturated heterocycles. The minimum Gasteiger partial charge on any atom is -0.309 e. The summed E-state index contributed by atoms with van der Waals surface area (Å²) in [5, 5.41) is 4.38. The summed E-state index contributed by atoms with van der Waals surface area (Å²) >= 11 is 8.02. The first-order valence-corrected chi connectivity index (χ1v) is 8.24. The average molecular weight is 306 g/mol. The number of aryl methyl sites for hydroxylation is 1. The van der Waals surface area contributed by atoms with E-state index in [1.165, 1.54) is 11.1 Å². The second-order valence-electron chi connectivity index (χ2n) is 4.77. The summed E-state index contributed by atoms with van der Waals surface area (Å²) in [5.74, 6) is 0.973. The van der Waals surface area contributed by atoms with Gasteiger partial charge in [-0.3, -0.25) is 0 Å². The minimum absolute atomic E-state index is 0.348. The standard InChI is InChI=1S/C17H20ClNS/c1-3-19-16(14-8-6-7-13(2)11-14)12-20-17-10-5-4-9-15(17)18/h4-11,16,19H,3,12H2,1-2H3. The zero-order chi connectivity index (χ0) is 14.4. The summed E-state index contributed by atoms with van der Waals surface area (Å²) in [6, 6.07) is 17.1. The lowest BCUT2D eigenvalue weighted by Crippen LogP contribution is -2.23.